The zero-order valence-electron chi connectivity index (χ0n) is 8.19. The number of rotatable bonds is 1. The second kappa shape index (κ2) is 4.37. The Hall–Kier alpha value is -0.160. The molecule has 15 heavy (non-hydrogen) atoms. The maximum Gasteiger partial charge on any atom is 0.110 e. The molecule has 1 unspecified atom stereocenters. The number of nitrogens with zero attached hydrogens (tertiary/aromatic N) is 1. The number of benzene rings is 1. The summed E-state index contributed by atoms with van der Waals surface area (Å²) in [5.41, 5.74) is 1.18. The second-order valence-electron chi connectivity index (χ2n) is 3.38. The van der Waals surface area contributed by atoms with E-state index in [1.54, 1.807) is 16.1 Å². The Kier molecular flexibility index (Phi) is 3.30. The van der Waals surface area contributed by atoms with Gasteiger partial charge in [0.15, 0.2) is 0 Å². The Morgan fingerprint density at radius 2 is 2.20 bits per heavy atom. The maximum absolute atomic E-state index is 11.7. The van der Waals surface area contributed by atoms with E-state index in [0.717, 1.165) is 5.75 Å². The van der Waals surface area contributed by atoms with E-state index in [4.69, 9.17) is 10.7 Å². The van der Waals surface area contributed by atoms with Crippen molar-refractivity contribution in [1.29, 1.82) is 0 Å². The first-order chi connectivity index (χ1) is 7.07. The predicted octanol–water partition coefficient (Wildman–Crippen LogP) is 2.38. The van der Waals surface area contributed by atoms with E-state index in [9.17, 15) is 4.21 Å². The third kappa shape index (κ3) is 2.69. The fourth-order valence-corrected chi connectivity index (χ4v) is 3.72. The highest BCUT2D eigenvalue weighted by molar-refractivity contribution is 8.19. The molecular weight excluding hydrogens is 250 g/mol. The van der Waals surface area contributed by atoms with Crippen LogP contribution in [0.25, 0.3) is 0 Å². The Labute approximate surface area is 99.3 Å². The monoisotopic (exact) mass is 261 g/mol. The summed E-state index contributed by atoms with van der Waals surface area (Å²) in [7, 11) is 3.18. The van der Waals surface area contributed by atoms with Crippen LogP contribution in [0.1, 0.15) is 5.56 Å². The molecule has 0 saturated carbocycles. The van der Waals surface area contributed by atoms with Gasteiger partial charge in [-0.25, -0.2) is 8.51 Å². The van der Waals surface area contributed by atoms with E-state index in [0.29, 0.717) is 13.1 Å². The van der Waals surface area contributed by atoms with Gasteiger partial charge in [0.1, 0.15) is 8.92 Å². The molecule has 5 heteroatoms. The maximum atomic E-state index is 11.7. The quantitative estimate of drug-likeness (QED) is 0.572. The highest BCUT2D eigenvalue weighted by Crippen LogP contribution is 2.28. The molecule has 1 atom stereocenters. The summed E-state index contributed by atoms with van der Waals surface area (Å²) in [6, 6.07) is 8.14. The molecule has 1 aliphatic rings. The van der Waals surface area contributed by atoms with E-state index >= 15 is 0 Å². The van der Waals surface area contributed by atoms with Gasteiger partial charge in [-0.1, -0.05) is 18.2 Å². The van der Waals surface area contributed by atoms with Gasteiger partial charge in [-0.3, -0.25) is 0 Å². The highest BCUT2D eigenvalue weighted by atomic mass is 35.7. The van der Waals surface area contributed by atoms with Crippen LogP contribution in [0.15, 0.2) is 29.2 Å². The molecule has 0 fully saturated rings. The molecule has 0 aromatic heterocycles. The van der Waals surface area contributed by atoms with Crippen molar-refractivity contribution >= 4 is 37.2 Å². The summed E-state index contributed by atoms with van der Waals surface area (Å²) in [4.78, 5) is 1.25. The molecule has 1 heterocycles. The van der Waals surface area contributed by atoms with Crippen LogP contribution in [0.2, 0.25) is 0 Å². The van der Waals surface area contributed by atoms with Crippen molar-refractivity contribution < 1.29 is 4.21 Å². The Morgan fingerprint density at radius 1 is 1.47 bits per heavy atom. The van der Waals surface area contributed by atoms with Gasteiger partial charge in [0.05, 0.1) is 0 Å². The summed E-state index contributed by atoms with van der Waals surface area (Å²) in [5, 5.41) is 0. The molecule has 1 aromatic carbocycles. The average Bonchev–Trinajstić information content (AvgIpc) is 2.38. The molecule has 0 amide bonds. The number of fused-ring (bicyclic) bond motifs is 1. The van der Waals surface area contributed by atoms with E-state index in [1.165, 1.54) is 10.5 Å². The van der Waals surface area contributed by atoms with Gasteiger partial charge >= 0.3 is 0 Å². The van der Waals surface area contributed by atoms with Crippen molar-refractivity contribution in [1.82, 2.24) is 4.31 Å². The number of halogens is 1. The van der Waals surface area contributed by atoms with Crippen LogP contribution < -0.4 is 0 Å². The molecule has 0 N–H and O–H groups in total. The lowest BCUT2D eigenvalue weighted by Gasteiger charge is -2.19. The summed E-state index contributed by atoms with van der Waals surface area (Å²) in [6.45, 7) is 1.33. The summed E-state index contributed by atoms with van der Waals surface area (Å²) < 4.78 is 13.4. The first kappa shape index (κ1) is 11.3. The summed E-state index contributed by atoms with van der Waals surface area (Å²) in [5.74, 6) is 4.42. The van der Waals surface area contributed by atoms with Crippen molar-refractivity contribution in [2.24, 2.45) is 0 Å². The number of hydrogen-bond donors (Lipinski definition) is 0. The molecule has 0 saturated heterocycles. The molecule has 0 aliphatic carbocycles. The minimum atomic E-state index is -2.60. The number of thioether (sulfide) groups is 1. The third-order valence-electron chi connectivity index (χ3n) is 2.30. The molecule has 0 radical (unpaired) electrons. The standard InChI is InChI=1S/C10H12ClNOS2/c1-15(11,13)12-6-7-14-10-5-3-2-4-9(10)8-12/h2-5H,1,6-8H2. The largest absolute Gasteiger partial charge is 0.237 e. The van der Waals surface area contributed by atoms with E-state index in [-0.39, 0.29) is 0 Å². The molecule has 2 rings (SSSR count). The highest BCUT2D eigenvalue weighted by Gasteiger charge is 2.19. The van der Waals surface area contributed by atoms with Gasteiger partial charge in [-0.2, -0.15) is 0 Å². The van der Waals surface area contributed by atoms with E-state index < -0.39 is 8.92 Å². The first-order valence-electron chi connectivity index (χ1n) is 4.60. The summed E-state index contributed by atoms with van der Waals surface area (Å²) in [6.07, 6.45) is 0. The number of hydrogen-bond acceptors (Lipinski definition) is 2. The topological polar surface area (TPSA) is 20.3 Å². The lowest BCUT2D eigenvalue weighted by molar-refractivity contribution is 0.471. The lowest BCUT2D eigenvalue weighted by atomic mass is 10.2. The van der Waals surface area contributed by atoms with Gasteiger partial charge in [0.25, 0.3) is 0 Å². The van der Waals surface area contributed by atoms with Gasteiger partial charge < -0.3 is 0 Å². The van der Waals surface area contributed by atoms with E-state index in [2.05, 4.69) is 11.9 Å². The van der Waals surface area contributed by atoms with Crippen LogP contribution in [0.3, 0.4) is 0 Å². The van der Waals surface area contributed by atoms with Crippen LogP contribution in [-0.4, -0.2) is 26.7 Å². The second-order valence-corrected chi connectivity index (χ2v) is 7.61. The molecular formula is C10H12ClNOS2. The molecule has 0 bridgehead atoms. The molecule has 1 aliphatic heterocycles. The van der Waals surface area contributed by atoms with Crippen molar-refractivity contribution in [3.8, 4) is 0 Å². The molecule has 0 spiro atoms. The van der Waals surface area contributed by atoms with Crippen LogP contribution in [-0.2, 0) is 15.5 Å². The average molecular weight is 262 g/mol. The third-order valence-corrected chi connectivity index (χ3v) is 5.07. The lowest BCUT2D eigenvalue weighted by Crippen LogP contribution is -2.27. The zero-order chi connectivity index (χ0) is 10.9. The van der Waals surface area contributed by atoms with Gasteiger partial charge in [-0.05, 0) is 28.2 Å². The first-order valence-corrected chi connectivity index (χ1v) is 8.09. The minimum absolute atomic E-state index is 0.620. The van der Waals surface area contributed by atoms with Crippen molar-refractivity contribution in [2.45, 2.75) is 11.4 Å². The molecule has 2 nitrogen and oxygen atoms in total. The van der Waals surface area contributed by atoms with Crippen LogP contribution in [0, 0.1) is 0 Å². The normalized spacial score (nSPS) is 21.4. The minimum Gasteiger partial charge on any atom is -0.237 e. The fraction of sp³-hybridized carbons (Fsp3) is 0.300. The van der Waals surface area contributed by atoms with Crippen LogP contribution >= 0.6 is 22.4 Å². The van der Waals surface area contributed by atoms with Crippen molar-refractivity contribution in [3.63, 3.8) is 0 Å². The Bertz CT molecular complexity index is 458. The fourth-order valence-electron chi connectivity index (χ4n) is 1.53. The van der Waals surface area contributed by atoms with Crippen LogP contribution in [0.5, 0.6) is 0 Å². The Morgan fingerprint density at radius 3 is 2.93 bits per heavy atom. The van der Waals surface area contributed by atoms with Crippen molar-refractivity contribution in [2.75, 3.05) is 12.3 Å². The molecule has 82 valence electrons. The van der Waals surface area contributed by atoms with Crippen molar-refractivity contribution in [3.05, 3.63) is 29.8 Å². The van der Waals surface area contributed by atoms with E-state index in [1.807, 2.05) is 18.2 Å². The van der Waals surface area contributed by atoms with Gasteiger partial charge in [0.2, 0.25) is 0 Å². The Balaban J connectivity index is 2.33. The van der Waals surface area contributed by atoms with Crippen LogP contribution in [0.4, 0.5) is 0 Å². The predicted molar refractivity (Wildman–Crippen MR) is 68.7 cm³/mol. The molecule has 1 aromatic rings. The van der Waals surface area contributed by atoms with Gasteiger partial charge in [0, 0.05) is 23.7 Å². The zero-order valence-corrected chi connectivity index (χ0v) is 10.6. The summed E-state index contributed by atoms with van der Waals surface area (Å²) >= 11 is 1.78. The smallest absolute Gasteiger partial charge is 0.110 e. The SMILES string of the molecule is C=S(=O)(Cl)N1CCSc2ccccc2C1. The van der Waals surface area contributed by atoms with Gasteiger partial charge in [-0.15, -0.1) is 11.8 Å².